The Morgan fingerprint density at radius 1 is 1.12 bits per heavy atom. The number of hydrogen-bond donors (Lipinski definition) is 0. The van der Waals surface area contributed by atoms with Crippen LogP contribution < -0.4 is 0 Å². The number of hydrogen-bond acceptors (Lipinski definition) is 6. The summed E-state index contributed by atoms with van der Waals surface area (Å²) in [6.45, 7) is 1.62. The molecule has 2 heterocycles. The highest BCUT2D eigenvalue weighted by molar-refractivity contribution is 7.90. The highest BCUT2D eigenvalue weighted by atomic mass is 32.2. The summed E-state index contributed by atoms with van der Waals surface area (Å²) in [5.41, 5.74) is 0. The van der Waals surface area contributed by atoms with E-state index in [0.717, 1.165) is 25.9 Å². The van der Waals surface area contributed by atoms with Gasteiger partial charge in [0.05, 0.1) is 4.90 Å². The number of aromatic nitrogens is 2. The number of nitrogens with zero attached hydrogens (tertiary/aromatic N) is 3. The summed E-state index contributed by atoms with van der Waals surface area (Å²) in [6, 6.07) is 8.16. The first kappa shape index (κ1) is 17.6. The SMILES string of the molecule is O=C(CCc1nc(CS(=O)(=O)c2ccccc2)no1)N1CCCCC1. The van der Waals surface area contributed by atoms with Gasteiger partial charge in [-0.05, 0) is 31.4 Å². The Labute approximate surface area is 146 Å². The summed E-state index contributed by atoms with van der Waals surface area (Å²) in [5.74, 6) is 0.171. The number of sulfone groups is 1. The minimum absolute atomic E-state index is 0.0800. The number of aryl methyl sites for hydroxylation is 1. The lowest BCUT2D eigenvalue weighted by molar-refractivity contribution is -0.132. The summed E-state index contributed by atoms with van der Waals surface area (Å²) in [4.78, 5) is 18.3. The van der Waals surface area contributed by atoms with E-state index in [2.05, 4.69) is 10.1 Å². The molecule has 0 spiro atoms. The van der Waals surface area contributed by atoms with E-state index in [4.69, 9.17) is 4.52 Å². The van der Waals surface area contributed by atoms with Crippen molar-refractivity contribution in [2.24, 2.45) is 0 Å². The van der Waals surface area contributed by atoms with Crippen LogP contribution in [-0.2, 0) is 26.8 Å². The van der Waals surface area contributed by atoms with Crippen LogP contribution in [0.5, 0.6) is 0 Å². The number of carbonyl (C=O) groups excluding carboxylic acids is 1. The van der Waals surface area contributed by atoms with E-state index in [1.807, 2.05) is 4.90 Å². The molecule has 0 N–H and O–H groups in total. The van der Waals surface area contributed by atoms with Crippen LogP contribution in [0.25, 0.3) is 0 Å². The van der Waals surface area contributed by atoms with Crippen LogP contribution in [-0.4, -0.2) is 42.5 Å². The van der Waals surface area contributed by atoms with Crippen LogP contribution in [0, 0.1) is 0 Å². The molecule has 0 bridgehead atoms. The van der Waals surface area contributed by atoms with Crippen LogP contribution in [0.3, 0.4) is 0 Å². The first-order valence-corrected chi connectivity index (χ1v) is 10.1. The van der Waals surface area contributed by atoms with Crippen LogP contribution in [0.15, 0.2) is 39.8 Å². The van der Waals surface area contributed by atoms with Gasteiger partial charge in [0.15, 0.2) is 15.7 Å². The number of rotatable bonds is 6. The molecule has 1 aliphatic heterocycles. The average molecular weight is 363 g/mol. The molecule has 1 amide bonds. The minimum Gasteiger partial charge on any atom is -0.343 e. The van der Waals surface area contributed by atoms with E-state index in [-0.39, 0.29) is 22.4 Å². The second kappa shape index (κ2) is 7.77. The highest BCUT2D eigenvalue weighted by Crippen LogP contribution is 2.15. The van der Waals surface area contributed by atoms with Gasteiger partial charge in [-0.25, -0.2) is 8.42 Å². The lowest BCUT2D eigenvalue weighted by atomic mass is 10.1. The Kier molecular flexibility index (Phi) is 5.47. The van der Waals surface area contributed by atoms with E-state index < -0.39 is 9.84 Å². The van der Waals surface area contributed by atoms with E-state index >= 15 is 0 Å². The number of benzene rings is 1. The van der Waals surface area contributed by atoms with Gasteiger partial charge in [0.25, 0.3) is 0 Å². The van der Waals surface area contributed by atoms with Gasteiger partial charge in [-0.1, -0.05) is 23.4 Å². The summed E-state index contributed by atoms with van der Waals surface area (Å²) in [5, 5.41) is 3.73. The summed E-state index contributed by atoms with van der Waals surface area (Å²) in [6.07, 6.45) is 3.90. The average Bonchev–Trinajstić information content (AvgIpc) is 3.08. The van der Waals surface area contributed by atoms with Crippen LogP contribution in [0.4, 0.5) is 0 Å². The molecule has 0 saturated carbocycles. The van der Waals surface area contributed by atoms with E-state index in [1.165, 1.54) is 18.6 Å². The van der Waals surface area contributed by atoms with Gasteiger partial charge in [0, 0.05) is 25.9 Å². The maximum atomic E-state index is 12.3. The summed E-state index contributed by atoms with van der Waals surface area (Å²) < 4.78 is 29.7. The predicted octanol–water partition coefficient (Wildman–Crippen LogP) is 1.99. The van der Waals surface area contributed by atoms with Gasteiger partial charge in [-0.15, -0.1) is 0 Å². The topological polar surface area (TPSA) is 93.4 Å². The Hall–Kier alpha value is -2.22. The molecule has 0 radical (unpaired) electrons. The van der Waals surface area contributed by atoms with E-state index in [1.54, 1.807) is 18.2 Å². The standard InChI is InChI=1S/C17H21N3O4S/c21-17(20-11-5-2-6-12-20)10-9-16-18-15(19-24-16)13-25(22,23)14-7-3-1-4-8-14/h1,3-4,7-8H,2,5-6,9-13H2. The fraction of sp³-hybridized carbons (Fsp3) is 0.471. The van der Waals surface area contributed by atoms with Crippen molar-refractivity contribution in [3.8, 4) is 0 Å². The maximum absolute atomic E-state index is 12.3. The van der Waals surface area contributed by atoms with Crippen LogP contribution in [0.1, 0.15) is 37.4 Å². The molecule has 0 aliphatic carbocycles. The highest BCUT2D eigenvalue weighted by Gasteiger charge is 2.20. The number of amides is 1. The third-order valence-electron chi connectivity index (χ3n) is 4.19. The zero-order valence-corrected chi connectivity index (χ0v) is 14.7. The molecule has 1 aliphatic rings. The van der Waals surface area contributed by atoms with Gasteiger partial charge in [-0.3, -0.25) is 4.79 Å². The van der Waals surface area contributed by atoms with Crippen LogP contribution >= 0.6 is 0 Å². The molecule has 1 fully saturated rings. The Bertz CT molecular complexity index is 811. The van der Waals surface area contributed by atoms with Gasteiger partial charge in [-0.2, -0.15) is 4.98 Å². The number of likely N-dealkylation sites (tertiary alicyclic amines) is 1. The van der Waals surface area contributed by atoms with Gasteiger partial charge in [0.2, 0.25) is 11.8 Å². The molecule has 0 atom stereocenters. The van der Waals surface area contributed by atoms with Crippen molar-refractivity contribution in [3.05, 3.63) is 42.0 Å². The Morgan fingerprint density at radius 2 is 1.84 bits per heavy atom. The normalized spacial score (nSPS) is 15.3. The molecule has 3 rings (SSSR count). The minimum atomic E-state index is -3.51. The molecule has 0 unspecified atom stereocenters. The quantitative estimate of drug-likeness (QED) is 0.779. The van der Waals surface area contributed by atoms with Gasteiger partial charge < -0.3 is 9.42 Å². The molecular formula is C17H21N3O4S. The maximum Gasteiger partial charge on any atom is 0.227 e. The molecule has 1 aromatic heterocycles. The molecule has 25 heavy (non-hydrogen) atoms. The molecule has 8 heteroatoms. The second-order valence-electron chi connectivity index (χ2n) is 6.12. The van der Waals surface area contributed by atoms with E-state index in [0.29, 0.717) is 18.7 Å². The van der Waals surface area contributed by atoms with Gasteiger partial charge in [0.1, 0.15) is 5.75 Å². The molecule has 2 aromatic rings. The van der Waals surface area contributed by atoms with Crippen molar-refractivity contribution >= 4 is 15.7 Å². The first-order chi connectivity index (χ1) is 12.0. The zero-order valence-electron chi connectivity index (χ0n) is 13.9. The predicted molar refractivity (Wildman–Crippen MR) is 90.4 cm³/mol. The lowest BCUT2D eigenvalue weighted by Crippen LogP contribution is -2.35. The first-order valence-electron chi connectivity index (χ1n) is 8.42. The molecule has 1 aromatic carbocycles. The molecule has 1 saturated heterocycles. The summed E-state index contributed by atoms with van der Waals surface area (Å²) >= 11 is 0. The fourth-order valence-corrected chi connectivity index (χ4v) is 4.04. The molecule has 7 nitrogen and oxygen atoms in total. The van der Waals surface area contributed by atoms with Gasteiger partial charge >= 0.3 is 0 Å². The smallest absolute Gasteiger partial charge is 0.227 e. The molecule has 134 valence electrons. The van der Waals surface area contributed by atoms with Crippen molar-refractivity contribution in [2.45, 2.75) is 42.8 Å². The third kappa shape index (κ3) is 4.66. The molecular weight excluding hydrogens is 342 g/mol. The largest absolute Gasteiger partial charge is 0.343 e. The lowest BCUT2D eigenvalue weighted by Gasteiger charge is -2.26. The van der Waals surface area contributed by atoms with Crippen LogP contribution in [0.2, 0.25) is 0 Å². The Balaban J connectivity index is 1.56. The van der Waals surface area contributed by atoms with Crippen molar-refractivity contribution in [2.75, 3.05) is 13.1 Å². The third-order valence-corrected chi connectivity index (χ3v) is 5.82. The van der Waals surface area contributed by atoms with E-state index in [9.17, 15) is 13.2 Å². The monoisotopic (exact) mass is 363 g/mol. The number of carbonyl (C=O) groups is 1. The fourth-order valence-electron chi connectivity index (χ4n) is 2.85. The van der Waals surface area contributed by atoms with Crippen molar-refractivity contribution in [1.29, 1.82) is 0 Å². The van der Waals surface area contributed by atoms with Crippen molar-refractivity contribution < 1.29 is 17.7 Å². The van der Waals surface area contributed by atoms with Crippen molar-refractivity contribution in [3.63, 3.8) is 0 Å². The number of piperidine rings is 1. The Morgan fingerprint density at radius 3 is 2.56 bits per heavy atom. The van der Waals surface area contributed by atoms with Crippen molar-refractivity contribution in [1.82, 2.24) is 15.0 Å². The second-order valence-corrected chi connectivity index (χ2v) is 8.11. The zero-order chi connectivity index (χ0) is 17.7. The summed E-state index contributed by atoms with van der Waals surface area (Å²) in [7, 11) is -3.51.